The molecule has 6 heteroatoms. The Bertz CT molecular complexity index is 349. The smallest absolute Gasteiger partial charge is 0.326 e. The van der Waals surface area contributed by atoms with E-state index in [1.807, 2.05) is 0 Å². The summed E-state index contributed by atoms with van der Waals surface area (Å²) in [5.41, 5.74) is 0. The van der Waals surface area contributed by atoms with Crippen molar-refractivity contribution in [1.29, 1.82) is 0 Å². The summed E-state index contributed by atoms with van der Waals surface area (Å²) < 4.78 is 0. The summed E-state index contributed by atoms with van der Waals surface area (Å²) in [6.07, 6.45) is -0.659. The van der Waals surface area contributed by atoms with Gasteiger partial charge in [0.25, 0.3) is 0 Å². The molecule has 116 valence electrons. The molecule has 0 aliphatic carbocycles. The Labute approximate surface area is 120 Å². The van der Waals surface area contributed by atoms with Crippen molar-refractivity contribution in [3.05, 3.63) is 0 Å². The van der Waals surface area contributed by atoms with E-state index in [4.69, 9.17) is 5.11 Å². The third kappa shape index (κ3) is 4.10. The van der Waals surface area contributed by atoms with Gasteiger partial charge in [-0.15, -0.1) is 0 Å². The van der Waals surface area contributed by atoms with Crippen LogP contribution in [0.2, 0.25) is 0 Å². The predicted octanol–water partition coefficient (Wildman–Crippen LogP) is 1.14. The largest absolute Gasteiger partial charge is 0.480 e. The van der Waals surface area contributed by atoms with E-state index in [9.17, 15) is 14.7 Å². The summed E-state index contributed by atoms with van der Waals surface area (Å²) >= 11 is 0. The number of aliphatic hydroxyl groups is 1. The number of carboxylic acids is 1. The highest BCUT2D eigenvalue weighted by atomic mass is 16.4. The van der Waals surface area contributed by atoms with Gasteiger partial charge in [-0.25, -0.2) is 9.59 Å². The van der Waals surface area contributed by atoms with Gasteiger partial charge in [-0.1, -0.05) is 27.7 Å². The summed E-state index contributed by atoms with van der Waals surface area (Å²) in [5, 5.41) is 21.4. The van der Waals surface area contributed by atoms with Gasteiger partial charge >= 0.3 is 12.0 Å². The number of aliphatic hydroxyl groups excluding tert-OH is 1. The number of carbonyl (C=O) groups is 2. The summed E-state index contributed by atoms with van der Waals surface area (Å²) in [4.78, 5) is 24.4. The minimum atomic E-state index is -1.07. The highest BCUT2D eigenvalue weighted by molar-refractivity contribution is 5.83. The molecule has 3 N–H and O–H groups in total. The van der Waals surface area contributed by atoms with E-state index >= 15 is 0 Å². The van der Waals surface area contributed by atoms with E-state index in [1.54, 1.807) is 0 Å². The molecule has 20 heavy (non-hydrogen) atoms. The van der Waals surface area contributed by atoms with Gasteiger partial charge in [0, 0.05) is 19.5 Å². The van der Waals surface area contributed by atoms with Gasteiger partial charge in [-0.2, -0.15) is 0 Å². The second kappa shape index (κ2) is 6.92. The molecular weight excluding hydrogens is 260 g/mol. The van der Waals surface area contributed by atoms with Crippen LogP contribution in [-0.2, 0) is 4.79 Å². The lowest BCUT2D eigenvalue weighted by Crippen LogP contribution is -2.48. The number of urea groups is 1. The molecule has 0 aromatic heterocycles. The maximum atomic E-state index is 12.1. The van der Waals surface area contributed by atoms with E-state index in [2.05, 4.69) is 33.0 Å². The first kappa shape index (κ1) is 16.8. The van der Waals surface area contributed by atoms with E-state index in [0.717, 1.165) is 0 Å². The molecule has 0 radical (unpaired) electrons. The fourth-order valence-corrected chi connectivity index (χ4v) is 2.82. The van der Waals surface area contributed by atoms with Crippen molar-refractivity contribution in [2.75, 3.05) is 13.1 Å². The first-order chi connectivity index (χ1) is 9.23. The maximum absolute atomic E-state index is 12.1. The number of hydrogen-bond donors (Lipinski definition) is 3. The van der Waals surface area contributed by atoms with Gasteiger partial charge in [-0.3, -0.25) is 0 Å². The van der Waals surface area contributed by atoms with Crippen molar-refractivity contribution in [1.82, 2.24) is 10.2 Å². The fraction of sp³-hybridized carbons (Fsp3) is 0.857. The first-order valence-corrected chi connectivity index (χ1v) is 7.19. The van der Waals surface area contributed by atoms with Crippen LogP contribution in [0.4, 0.5) is 4.79 Å². The van der Waals surface area contributed by atoms with Crippen molar-refractivity contribution in [2.45, 2.75) is 46.3 Å². The monoisotopic (exact) mass is 286 g/mol. The molecule has 0 aromatic carbocycles. The quantitative estimate of drug-likeness (QED) is 0.707. The number of hydrogen-bond acceptors (Lipinski definition) is 3. The third-order valence-electron chi connectivity index (χ3n) is 4.03. The SMILES string of the molecule is CC(C)C(CNC(=O)N1C[C@H](O)C[C@@H]1C(=O)O)C(C)C. The van der Waals surface area contributed by atoms with Crippen LogP contribution < -0.4 is 5.32 Å². The van der Waals surface area contributed by atoms with Crippen molar-refractivity contribution in [2.24, 2.45) is 17.8 Å². The second-order valence-electron chi connectivity index (χ2n) is 6.23. The van der Waals surface area contributed by atoms with Gasteiger partial charge in [-0.05, 0) is 17.8 Å². The Hall–Kier alpha value is -1.30. The molecule has 0 spiro atoms. The molecule has 0 saturated carbocycles. The van der Waals surface area contributed by atoms with Gasteiger partial charge in [0.2, 0.25) is 0 Å². The molecule has 6 nitrogen and oxygen atoms in total. The fourth-order valence-electron chi connectivity index (χ4n) is 2.82. The van der Waals surface area contributed by atoms with Gasteiger partial charge in [0.15, 0.2) is 0 Å². The number of rotatable bonds is 5. The molecule has 1 fully saturated rings. The molecule has 1 aliphatic rings. The van der Waals surface area contributed by atoms with Crippen molar-refractivity contribution in [3.63, 3.8) is 0 Å². The Balaban J connectivity index is 2.59. The Kier molecular flexibility index (Phi) is 5.80. The lowest BCUT2D eigenvalue weighted by molar-refractivity contribution is -0.141. The van der Waals surface area contributed by atoms with E-state index in [0.29, 0.717) is 24.3 Å². The van der Waals surface area contributed by atoms with Crippen LogP contribution in [0.5, 0.6) is 0 Å². The molecule has 0 unspecified atom stereocenters. The summed E-state index contributed by atoms with van der Waals surface area (Å²) in [5.74, 6) is 0.153. The number of nitrogens with zero attached hydrogens (tertiary/aromatic N) is 1. The van der Waals surface area contributed by atoms with E-state index < -0.39 is 24.1 Å². The molecule has 2 amide bonds. The van der Waals surface area contributed by atoms with Gasteiger partial charge in [0.1, 0.15) is 6.04 Å². The molecule has 1 heterocycles. The number of β-amino-alcohol motifs (C(OH)–C–C–N with tert-alkyl or cyclic N) is 1. The standard InChI is InChI=1S/C14H26N2O4/c1-8(2)11(9(3)4)6-15-14(20)16-7-10(17)5-12(16)13(18)19/h8-12,17H,5-7H2,1-4H3,(H,15,20)(H,18,19)/t10-,12-/m1/s1. The average Bonchev–Trinajstić information content (AvgIpc) is 2.70. The zero-order valence-corrected chi connectivity index (χ0v) is 12.7. The lowest BCUT2D eigenvalue weighted by Gasteiger charge is -2.27. The molecular formula is C14H26N2O4. The molecule has 1 rings (SSSR count). The zero-order chi connectivity index (χ0) is 15.4. The topological polar surface area (TPSA) is 89.9 Å². The maximum Gasteiger partial charge on any atom is 0.326 e. The molecule has 0 bridgehead atoms. The Morgan fingerprint density at radius 3 is 2.25 bits per heavy atom. The Morgan fingerprint density at radius 1 is 1.25 bits per heavy atom. The minimum absolute atomic E-state index is 0.0802. The summed E-state index contributed by atoms with van der Waals surface area (Å²) in [6.45, 7) is 9.03. The number of carboxylic acid groups (broad SMARTS) is 1. The number of nitrogens with one attached hydrogen (secondary N) is 1. The lowest BCUT2D eigenvalue weighted by atomic mass is 9.85. The third-order valence-corrected chi connectivity index (χ3v) is 4.03. The van der Waals surface area contributed by atoms with Crippen molar-refractivity contribution in [3.8, 4) is 0 Å². The van der Waals surface area contributed by atoms with E-state index in [1.165, 1.54) is 4.90 Å². The zero-order valence-electron chi connectivity index (χ0n) is 12.7. The number of amides is 2. The molecule has 0 aromatic rings. The van der Waals surface area contributed by atoms with Crippen LogP contribution in [0.15, 0.2) is 0 Å². The average molecular weight is 286 g/mol. The summed E-state index contributed by atoms with van der Waals surface area (Å²) in [7, 11) is 0. The van der Waals surface area contributed by atoms with Crippen LogP contribution >= 0.6 is 0 Å². The van der Waals surface area contributed by atoms with E-state index in [-0.39, 0.29) is 13.0 Å². The van der Waals surface area contributed by atoms with Crippen LogP contribution in [0, 0.1) is 17.8 Å². The van der Waals surface area contributed by atoms with Crippen LogP contribution in [-0.4, -0.2) is 52.3 Å². The first-order valence-electron chi connectivity index (χ1n) is 7.19. The number of aliphatic carboxylic acids is 1. The molecule has 1 aliphatic heterocycles. The minimum Gasteiger partial charge on any atom is -0.480 e. The summed E-state index contributed by atoms with van der Waals surface area (Å²) in [6, 6.07) is -1.33. The van der Waals surface area contributed by atoms with Gasteiger partial charge in [0.05, 0.1) is 6.10 Å². The van der Waals surface area contributed by atoms with Crippen molar-refractivity contribution >= 4 is 12.0 Å². The number of likely N-dealkylation sites (tertiary alicyclic amines) is 1. The van der Waals surface area contributed by atoms with Crippen LogP contribution in [0.3, 0.4) is 0 Å². The Morgan fingerprint density at radius 2 is 1.80 bits per heavy atom. The van der Waals surface area contributed by atoms with Crippen LogP contribution in [0.1, 0.15) is 34.1 Å². The predicted molar refractivity (Wildman–Crippen MR) is 75.3 cm³/mol. The normalized spacial score (nSPS) is 22.9. The highest BCUT2D eigenvalue weighted by Gasteiger charge is 2.39. The molecule has 1 saturated heterocycles. The molecule has 2 atom stereocenters. The van der Waals surface area contributed by atoms with Crippen molar-refractivity contribution < 1.29 is 19.8 Å². The second-order valence-corrected chi connectivity index (χ2v) is 6.23. The number of carbonyl (C=O) groups excluding carboxylic acids is 1. The highest BCUT2D eigenvalue weighted by Crippen LogP contribution is 2.21. The van der Waals surface area contributed by atoms with Gasteiger partial charge < -0.3 is 20.4 Å². The van der Waals surface area contributed by atoms with Crippen LogP contribution in [0.25, 0.3) is 0 Å².